The van der Waals surface area contributed by atoms with Gasteiger partial charge in [0.15, 0.2) is 0 Å². The van der Waals surface area contributed by atoms with Crippen LogP contribution in [0, 0.1) is 0 Å². The van der Waals surface area contributed by atoms with Crippen LogP contribution in [0.1, 0.15) is 52.7 Å². The van der Waals surface area contributed by atoms with Crippen molar-refractivity contribution in [2.45, 2.75) is 52.4 Å². The van der Waals surface area contributed by atoms with Crippen molar-refractivity contribution in [2.75, 3.05) is 0 Å². The van der Waals surface area contributed by atoms with Crippen LogP contribution in [0.25, 0.3) is 0 Å². The maximum atomic E-state index is 12.1. The van der Waals surface area contributed by atoms with E-state index in [0.29, 0.717) is 5.56 Å². The molecule has 0 amide bonds. The first-order chi connectivity index (χ1) is 11.7. The Labute approximate surface area is 158 Å². The molecule has 0 saturated heterocycles. The van der Waals surface area contributed by atoms with Crippen LogP contribution in [0.5, 0.6) is 5.75 Å². The molecule has 13 heteroatoms. The Kier molecular flexibility index (Phi) is 7.00. The lowest BCUT2D eigenvalue weighted by atomic mass is 9.80. The average molecular weight is 446 g/mol. The molecule has 1 aromatic rings. The first-order valence-corrected chi connectivity index (χ1v) is 12.2. The maximum Gasteiger partial charge on any atom is 0.536 e. The molecule has 2 atom stereocenters. The topological polar surface area (TPSA) is 160 Å². The summed E-state index contributed by atoms with van der Waals surface area (Å²) in [6.07, 6.45) is 0. The molecular formula is C14H25O10P3. The highest BCUT2D eigenvalue weighted by molar-refractivity contribution is 7.66. The van der Waals surface area contributed by atoms with Crippen molar-refractivity contribution in [3.8, 4) is 5.75 Å². The van der Waals surface area contributed by atoms with E-state index < -0.39 is 28.9 Å². The Morgan fingerprint density at radius 2 is 1.30 bits per heavy atom. The quantitative estimate of drug-likeness (QED) is 0.471. The monoisotopic (exact) mass is 446 g/mol. The fourth-order valence-electron chi connectivity index (χ4n) is 2.08. The minimum absolute atomic E-state index is 0.0856. The summed E-state index contributed by atoms with van der Waals surface area (Å²) in [5.41, 5.74) is 0.709. The van der Waals surface area contributed by atoms with Crippen LogP contribution in [0.2, 0.25) is 0 Å². The second-order valence-corrected chi connectivity index (χ2v) is 12.2. The van der Waals surface area contributed by atoms with Crippen LogP contribution in [0.3, 0.4) is 0 Å². The molecule has 1 rings (SSSR count). The number of phosphoric acid groups is 3. The molecule has 0 aliphatic heterocycles. The summed E-state index contributed by atoms with van der Waals surface area (Å²) in [5, 5.41) is 0. The third-order valence-corrected chi connectivity index (χ3v) is 7.04. The summed E-state index contributed by atoms with van der Waals surface area (Å²) < 4.78 is 46.6. The van der Waals surface area contributed by atoms with E-state index in [1.165, 1.54) is 6.07 Å². The van der Waals surface area contributed by atoms with E-state index in [1.807, 2.05) is 41.5 Å². The van der Waals surface area contributed by atoms with Gasteiger partial charge < -0.3 is 19.2 Å². The fraction of sp³-hybridized carbons (Fsp3) is 0.571. The second kappa shape index (κ2) is 7.71. The summed E-state index contributed by atoms with van der Waals surface area (Å²) in [4.78, 5) is 36.1. The highest BCUT2D eigenvalue weighted by atomic mass is 31.3. The minimum Gasteiger partial charge on any atom is -0.404 e. The molecule has 27 heavy (non-hydrogen) atoms. The van der Waals surface area contributed by atoms with E-state index in [2.05, 4.69) is 8.62 Å². The lowest BCUT2D eigenvalue weighted by molar-refractivity contribution is 0.206. The zero-order chi connectivity index (χ0) is 21.5. The van der Waals surface area contributed by atoms with Gasteiger partial charge in [0.2, 0.25) is 0 Å². The smallest absolute Gasteiger partial charge is 0.404 e. The third kappa shape index (κ3) is 8.16. The molecule has 0 spiro atoms. The molecule has 0 fully saturated rings. The number of rotatable bonds is 6. The van der Waals surface area contributed by atoms with Gasteiger partial charge in [-0.05, 0) is 22.5 Å². The second-order valence-electron chi connectivity index (χ2n) is 7.89. The molecule has 10 nitrogen and oxygen atoms in total. The van der Waals surface area contributed by atoms with Gasteiger partial charge in [-0.3, -0.25) is 4.89 Å². The molecule has 1 aromatic carbocycles. The van der Waals surface area contributed by atoms with Crippen LogP contribution in [-0.4, -0.2) is 19.6 Å². The van der Waals surface area contributed by atoms with E-state index in [9.17, 15) is 23.5 Å². The Balaban J connectivity index is 3.25. The molecule has 0 aliphatic rings. The van der Waals surface area contributed by atoms with Gasteiger partial charge in [0, 0.05) is 5.56 Å². The van der Waals surface area contributed by atoms with Crippen molar-refractivity contribution in [1.29, 1.82) is 0 Å². The first kappa shape index (κ1) is 24.5. The van der Waals surface area contributed by atoms with Gasteiger partial charge in [-0.1, -0.05) is 53.7 Å². The van der Waals surface area contributed by atoms with Crippen molar-refractivity contribution in [2.24, 2.45) is 0 Å². The lowest BCUT2D eigenvalue weighted by Crippen LogP contribution is -2.17. The highest BCUT2D eigenvalue weighted by Crippen LogP contribution is 2.66. The van der Waals surface area contributed by atoms with Gasteiger partial charge in [0.1, 0.15) is 5.75 Å². The summed E-state index contributed by atoms with van der Waals surface area (Å²) in [7, 11) is -16.3. The van der Waals surface area contributed by atoms with Crippen molar-refractivity contribution in [1.82, 2.24) is 0 Å². The predicted octanol–water partition coefficient (Wildman–Crippen LogP) is 3.99. The molecule has 0 heterocycles. The van der Waals surface area contributed by atoms with Crippen molar-refractivity contribution < 1.29 is 46.4 Å². The zero-order valence-electron chi connectivity index (χ0n) is 15.8. The Morgan fingerprint density at radius 1 is 0.778 bits per heavy atom. The number of hydrogen-bond acceptors (Lipinski definition) is 6. The first-order valence-electron chi connectivity index (χ1n) is 7.70. The molecule has 0 aromatic heterocycles. The van der Waals surface area contributed by atoms with Gasteiger partial charge in [-0.15, -0.1) is 0 Å². The zero-order valence-corrected chi connectivity index (χ0v) is 18.5. The fourth-order valence-corrected chi connectivity index (χ4v) is 5.13. The summed E-state index contributed by atoms with van der Waals surface area (Å²) in [6, 6.07) is 4.86. The number of hydrogen-bond donors (Lipinski definition) is 4. The van der Waals surface area contributed by atoms with Crippen LogP contribution in [0.15, 0.2) is 18.2 Å². The number of phosphoric ester groups is 1. The summed E-state index contributed by atoms with van der Waals surface area (Å²) in [6.45, 7) is 11.4. The van der Waals surface area contributed by atoms with Gasteiger partial charge >= 0.3 is 23.5 Å². The van der Waals surface area contributed by atoms with Gasteiger partial charge in [0.25, 0.3) is 0 Å². The van der Waals surface area contributed by atoms with Crippen molar-refractivity contribution in [3.05, 3.63) is 29.3 Å². The molecule has 0 bridgehead atoms. The van der Waals surface area contributed by atoms with Gasteiger partial charge in [0.05, 0.1) is 0 Å². The molecular weight excluding hydrogens is 421 g/mol. The van der Waals surface area contributed by atoms with Crippen LogP contribution in [-0.2, 0) is 33.1 Å². The molecule has 0 aliphatic carbocycles. The molecule has 2 unspecified atom stereocenters. The van der Waals surface area contributed by atoms with Gasteiger partial charge in [-0.2, -0.15) is 8.62 Å². The standard InChI is InChI=1S/C14H25O10P3/c1-13(2,3)10-7-8-12(11(9-10)14(4,5)6)22-26(18,19)24-27(20,21)23-25(15,16)17/h7-9H,1-6H3,(H,18,19)(H,20,21)(H2,15,16,17). The molecule has 4 N–H and O–H groups in total. The highest BCUT2D eigenvalue weighted by Gasteiger charge is 2.42. The summed E-state index contributed by atoms with van der Waals surface area (Å²) >= 11 is 0. The average Bonchev–Trinajstić information content (AvgIpc) is 2.30. The lowest BCUT2D eigenvalue weighted by Gasteiger charge is -2.27. The summed E-state index contributed by atoms with van der Waals surface area (Å²) in [5.74, 6) is -0.0856. The van der Waals surface area contributed by atoms with Crippen LogP contribution >= 0.6 is 23.5 Å². The van der Waals surface area contributed by atoms with E-state index >= 15 is 0 Å². The van der Waals surface area contributed by atoms with Crippen LogP contribution in [0.4, 0.5) is 0 Å². The Morgan fingerprint density at radius 3 is 1.70 bits per heavy atom. The Bertz CT molecular complexity index is 831. The van der Waals surface area contributed by atoms with Crippen LogP contribution < -0.4 is 4.52 Å². The minimum atomic E-state index is -5.57. The van der Waals surface area contributed by atoms with E-state index in [4.69, 9.17) is 14.3 Å². The maximum absolute atomic E-state index is 12.1. The largest absolute Gasteiger partial charge is 0.536 e. The normalized spacial score (nSPS) is 17.9. The van der Waals surface area contributed by atoms with E-state index in [1.54, 1.807) is 12.1 Å². The number of benzene rings is 1. The SMILES string of the molecule is CC(C)(C)c1ccc(OP(=O)(O)OP(=O)(O)OP(=O)(O)O)c(C(C)(C)C)c1. The molecule has 0 radical (unpaired) electrons. The predicted molar refractivity (Wildman–Crippen MR) is 98.3 cm³/mol. The van der Waals surface area contributed by atoms with Crippen molar-refractivity contribution >= 4 is 23.5 Å². The molecule has 0 saturated carbocycles. The van der Waals surface area contributed by atoms with E-state index in [0.717, 1.165) is 5.56 Å². The third-order valence-electron chi connectivity index (χ3n) is 3.28. The Hall–Kier alpha value is -0.530. The molecule has 156 valence electrons. The van der Waals surface area contributed by atoms with Crippen molar-refractivity contribution in [3.63, 3.8) is 0 Å². The van der Waals surface area contributed by atoms with E-state index in [-0.39, 0.29) is 11.2 Å². The van der Waals surface area contributed by atoms with Gasteiger partial charge in [-0.25, -0.2) is 13.7 Å².